The van der Waals surface area contributed by atoms with Gasteiger partial charge in [-0.3, -0.25) is 24.1 Å². The number of hydrogen-bond acceptors (Lipinski definition) is 11. The molecule has 6 aliphatic rings. The Kier molecular flexibility index (Phi) is 14.8. The van der Waals surface area contributed by atoms with E-state index in [9.17, 15) is 24.0 Å². The summed E-state index contributed by atoms with van der Waals surface area (Å²) in [5, 5.41) is 4.94. The van der Waals surface area contributed by atoms with Crippen LogP contribution in [0.5, 0.6) is 0 Å². The van der Waals surface area contributed by atoms with Gasteiger partial charge in [0, 0.05) is 41.7 Å². The summed E-state index contributed by atoms with van der Waals surface area (Å²) in [7, 11) is 2.67. The number of benzene rings is 5. The highest BCUT2D eigenvalue weighted by Gasteiger charge is 2.63. The summed E-state index contributed by atoms with van der Waals surface area (Å²) < 4.78 is 21.6. The van der Waals surface area contributed by atoms with E-state index in [1.54, 1.807) is 18.2 Å². The second-order valence-corrected chi connectivity index (χ2v) is 20.2. The lowest BCUT2D eigenvalue weighted by Gasteiger charge is -2.25. The average Bonchev–Trinajstić information content (AvgIpc) is 4.07. The molecule has 12 nitrogen and oxygen atoms in total. The zero-order chi connectivity index (χ0) is 52.4. The number of amides is 1. The number of carbonyl (C=O) groups excluding carboxylic acids is 5. The normalized spacial score (nSPS) is 24.1. The van der Waals surface area contributed by atoms with Crippen LogP contribution in [-0.2, 0) is 43.0 Å². The van der Waals surface area contributed by atoms with Crippen LogP contribution in [-0.4, -0.2) is 86.0 Å². The van der Waals surface area contributed by atoms with Gasteiger partial charge in [0.2, 0.25) is 0 Å². The predicted molar refractivity (Wildman–Crippen MR) is 282 cm³/mol. The number of oxime groups is 1. The third kappa shape index (κ3) is 9.56. The first-order valence-electron chi connectivity index (χ1n) is 25.3. The van der Waals surface area contributed by atoms with Crippen LogP contribution in [0.3, 0.4) is 0 Å². The molecule has 1 spiro atoms. The van der Waals surface area contributed by atoms with E-state index >= 15 is 0 Å². The lowest BCUT2D eigenvalue weighted by atomic mass is 9.88. The largest absolute Gasteiger partial charge is 0.469 e. The van der Waals surface area contributed by atoms with E-state index in [-0.39, 0.29) is 80.4 Å². The number of methoxy groups -OCH3 is 2. The molecule has 11 rings (SSSR count). The summed E-state index contributed by atoms with van der Waals surface area (Å²) >= 11 is 6.23. The zero-order valence-corrected chi connectivity index (χ0v) is 43.0. The Morgan fingerprint density at radius 3 is 1.59 bits per heavy atom. The lowest BCUT2D eigenvalue weighted by molar-refractivity contribution is -0.155. The van der Waals surface area contributed by atoms with Gasteiger partial charge in [0.15, 0.2) is 11.4 Å². The maximum atomic E-state index is 14.0. The van der Waals surface area contributed by atoms with Gasteiger partial charge in [0.1, 0.15) is 13.2 Å². The van der Waals surface area contributed by atoms with Gasteiger partial charge in [-0.25, -0.2) is 4.79 Å². The van der Waals surface area contributed by atoms with E-state index in [0.29, 0.717) is 30.0 Å². The summed E-state index contributed by atoms with van der Waals surface area (Å²) in [5.74, 6) is -1.70. The van der Waals surface area contributed by atoms with Crippen molar-refractivity contribution in [1.29, 1.82) is 0 Å². The summed E-state index contributed by atoms with van der Waals surface area (Å²) in [6.07, 6.45) is 4.46. The van der Waals surface area contributed by atoms with Gasteiger partial charge in [0.05, 0.1) is 49.8 Å². The molecular weight excluding hydrogens is 956 g/mol. The number of nitrogens with zero attached hydrogens (tertiary/aromatic N) is 2. The highest BCUT2D eigenvalue weighted by Crippen LogP contribution is 2.58. The smallest absolute Gasteiger partial charge is 0.410 e. The molecule has 5 aromatic carbocycles. The molecule has 3 fully saturated rings. The maximum Gasteiger partial charge on any atom is 0.410 e. The fourth-order valence-corrected chi connectivity index (χ4v) is 11.9. The van der Waals surface area contributed by atoms with E-state index in [1.807, 2.05) is 80.6 Å². The summed E-state index contributed by atoms with van der Waals surface area (Å²) in [4.78, 5) is 72.8. The van der Waals surface area contributed by atoms with Gasteiger partial charge in [-0.15, -0.1) is 13.2 Å². The van der Waals surface area contributed by atoms with Crippen molar-refractivity contribution in [2.45, 2.75) is 75.9 Å². The first-order valence-corrected chi connectivity index (χ1v) is 25.7. The maximum absolute atomic E-state index is 14.0. The highest BCUT2D eigenvalue weighted by molar-refractivity contribution is 6.31. The second-order valence-electron chi connectivity index (χ2n) is 19.8. The molecular formula is C61H61ClN2O10. The molecule has 0 N–H and O–H groups in total. The Morgan fingerprint density at radius 2 is 1.14 bits per heavy atom. The van der Waals surface area contributed by atoms with E-state index in [1.165, 1.54) is 41.4 Å². The van der Waals surface area contributed by atoms with Crippen molar-refractivity contribution in [2.24, 2.45) is 27.8 Å². The Bertz CT molecular complexity index is 2970. The molecule has 6 atom stereocenters. The first kappa shape index (κ1) is 51.6. The minimum absolute atomic E-state index is 0.0184. The van der Waals surface area contributed by atoms with E-state index in [2.05, 4.69) is 66.8 Å². The molecule has 1 saturated heterocycles. The monoisotopic (exact) mass is 1020 g/mol. The highest BCUT2D eigenvalue weighted by atomic mass is 35.5. The van der Waals surface area contributed by atoms with Gasteiger partial charge < -0.3 is 23.8 Å². The van der Waals surface area contributed by atoms with Crippen LogP contribution in [0.25, 0.3) is 22.3 Å². The fraction of sp³-hybridized carbons (Fsp3) is 0.344. The van der Waals surface area contributed by atoms with Gasteiger partial charge in [-0.05, 0) is 81.3 Å². The van der Waals surface area contributed by atoms with Crippen molar-refractivity contribution in [2.75, 3.05) is 34.0 Å². The van der Waals surface area contributed by atoms with Gasteiger partial charge in [0.25, 0.3) is 0 Å². The number of likely N-dealkylation sites (tertiary alicyclic amines) is 1. The molecule has 2 aliphatic heterocycles. The number of ether oxygens (including phenoxy) is 4. The van der Waals surface area contributed by atoms with Crippen molar-refractivity contribution in [3.05, 3.63) is 179 Å². The molecule has 0 unspecified atom stereocenters. The molecule has 4 aliphatic carbocycles. The summed E-state index contributed by atoms with van der Waals surface area (Å²) in [5.41, 5.74) is 8.01. The van der Waals surface area contributed by atoms with Crippen LogP contribution >= 0.6 is 11.6 Å². The van der Waals surface area contributed by atoms with Gasteiger partial charge in [-0.1, -0.05) is 152 Å². The fourth-order valence-electron chi connectivity index (χ4n) is 11.7. The number of rotatable bonds is 14. The molecule has 0 bridgehead atoms. The summed E-state index contributed by atoms with van der Waals surface area (Å²) in [6.45, 7) is 12.1. The van der Waals surface area contributed by atoms with Crippen LogP contribution in [0, 0.1) is 22.7 Å². The molecule has 382 valence electrons. The number of ketones is 1. The Hall–Kier alpha value is -7.31. The minimum Gasteiger partial charge on any atom is -0.469 e. The third-order valence-corrected chi connectivity index (χ3v) is 15.9. The molecule has 1 amide bonds. The van der Waals surface area contributed by atoms with Crippen LogP contribution in [0.4, 0.5) is 4.79 Å². The van der Waals surface area contributed by atoms with Gasteiger partial charge in [-0.2, -0.15) is 0 Å². The van der Waals surface area contributed by atoms with Crippen molar-refractivity contribution in [3.8, 4) is 22.3 Å². The lowest BCUT2D eigenvalue weighted by Crippen LogP contribution is -2.43. The number of halogens is 1. The Labute approximate surface area is 437 Å². The number of esters is 3. The Balaban J connectivity index is 0.000000198. The predicted octanol–water partition coefficient (Wildman–Crippen LogP) is 11.7. The standard InChI is InChI=1S/C36H33ClN2O6.C23H22O4.C2H6/c1-3-23-16-36(23,33(41)43-2)19-32(40)31-18-35(17-30(38-45-35)22-9-8-10-24(37)15-22)21-39(31)34(42)44-20-29-27-13-6-4-11-25(27)26-12-5-7-14-28(26)29;1-3-15-12-23(15,22(25)26-2)13-21(24)27-14-20-18-10-6-4-8-16(18)17-9-5-7-11-19(17)20;1-2/h3-15,23,29,31H,1,16-21H2,2H3;3-11,15,20H,1,12-14H2,2H3;1-2H3/t23-,31+,35-,36-;15-,23-;/m11./s1. The third-order valence-electron chi connectivity index (χ3n) is 15.7. The van der Waals surface area contributed by atoms with E-state index in [4.69, 9.17) is 35.4 Å². The van der Waals surface area contributed by atoms with Crippen molar-refractivity contribution < 1.29 is 47.8 Å². The number of fused-ring (bicyclic) bond motifs is 6. The van der Waals surface area contributed by atoms with Gasteiger partial charge >= 0.3 is 24.0 Å². The van der Waals surface area contributed by atoms with Crippen molar-refractivity contribution in [1.82, 2.24) is 4.90 Å². The minimum atomic E-state index is -0.963. The van der Waals surface area contributed by atoms with E-state index < -0.39 is 34.5 Å². The Morgan fingerprint density at radius 1 is 0.662 bits per heavy atom. The van der Waals surface area contributed by atoms with E-state index in [0.717, 1.165) is 27.8 Å². The van der Waals surface area contributed by atoms with Crippen molar-refractivity contribution in [3.63, 3.8) is 0 Å². The quantitative estimate of drug-likeness (QED) is 0.0598. The van der Waals surface area contributed by atoms with Crippen LogP contribution in [0.15, 0.2) is 152 Å². The number of Topliss-reactive ketones (excluding diaryl/α,β-unsaturated/α-hetero) is 1. The average molecular weight is 1020 g/mol. The topological polar surface area (TPSA) is 147 Å². The molecule has 5 aromatic rings. The molecule has 2 heterocycles. The van der Waals surface area contributed by atoms with Crippen molar-refractivity contribution >= 4 is 47.1 Å². The summed E-state index contributed by atoms with van der Waals surface area (Å²) in [6, 6.07) is 39.1. The first-order chi connectivity index (χ1) is 35.9. The molecule has 0 radical (unpaired) electrons. The second kappa shape index (κ2) is 21.3. The number of allylic oxidation sites excluding steroid dienone is 2. The molecule has 2 saturated carbocycles. The van der Waals surface area contributed by atoms with Crippen LogP contribution in [0.1, 0.15) is 92.0 Å². The van der Waals surface area contributed by atoms with Crippen LogP contribution in [0.2, 0.25) is 5.02 Å². The number of carbonyl (C=O) groups is 5. The number of hydrogen-bond donors (Lipinski definition) is 0. The molecule has 13 heteroatoms. The molecule has 74 heavy (non-hydrogen) atoms. The SMILES string of the molecule is C=C[C@@H]1C[C@]1(CC(=O)OCC1c2ccccc2-c2ccccc21)C(=O)OC.C=C[C@@H]1C[C@]1(CC(=O)[C@@H]1C[C@]2(CC(c3cccc(Cl)c3)=NO2)CN1C(=O)OCC1c2ccccc2-c2ccccc21)C(=O)OC.CC. The zero-order valence-electron chi connectivity index (χ0n) is 42.2. The molecule has 0 aromatic heterocycles. The van der Waals surface area contributed by atoms with Crippen LogP contribution < -0.4 is 0 Å².